The molecule has 0 aromatic rings. The third-order valence-corrected chi connectivity index (χ3v) is 1.76. The maximum absolute atomic E-state index is 3.92. The van der Waals surface area contributed by atoms with Gasteiger partial charge >= 0.3 is 0 Å². The molecule has 0 radical (unpaired) electrons. The van der Waals surface area contributed by atoms with Gasteiger partial charge < -0.3 is 0 Å². The monoisotopic (exact) mass is 189 g/mol. The highest BCUT2D eigenvalue weighted by Crippen LogP contribution is 2.17. The normalized spacial score (nSPS) is 14.3. The van der Waals surface area contributed by atoms with E-state index >= 15 is 0 Å². The Bertz CT molecular complexity index is 267. The lowest BCUT2D eigenvalue weighted by Crippen LogP contribution is -1.92. The SMILES string of the molecule is C=CN=CC(=C)C1=CC=CCC1.CC. The van der Waals surface area contributed by atoms with Crippen LogP contribution in [0.15, 0.2) is 53.7 Å². The van der Waals surface area contributed by atoms with E-state index in [0.717, 1.165) is 18.4 Å². The molecule has 1 rings (SSSR count). The van der Waals surface area contributed by atoms with Gasteiger partial charge in [-0.3, -0.25) is 4.99 Å². The van der Waals surface area contributed by atoms with Crippen molar-refractivity contribution >= 4 is 6.21 Å². The van der Waals surface area contributed by atoms with E-state index in [1.807, 2.05) is 13.8 Å². The fourth-order valence-electron chi connectivity index (χ4n) is 1.10. The highest BCUT2D eigenvalue weighted by molar-refractivity contribution is 5.84. The molecule has 0 saturated heterocycles. The lowest BCUT2D eigenvalue weighted by molar-refractivity contribution is 0.984. The summed E-state index contributed by atoms with van der Waals surface area (Å²) in [6.07, 6.45) is 11.7. The van der Waals surface area contributed by atoms with Gasteiger partial charge in [0, 0.05) is 12.4 Å². The van der Waals surface area contributed by atoms with E-state index in [4.69, 9.17) is 0 Å². The fraction of sp³-hybridized carbons (Fsp3) is 0.308. The number of aliphatic imine (C=N–C) groups is 1. The zero-order valence-electron chi connectivity index (χ0n) is 9.16. The Morgan fingerprint density at radius 1 is 1.50 bits per heavy atom. The maximum atomic E-state index is 3.92. The molecule has 14 heavy (non-hydrogen) atoms. The molecule has 0 aliphatic heterocycles. The summed E-state index contributed by atoms with van der Waals surface area (Å²) in [6, 6.07) is 0. The van der Waals surface area contributed by atoms with Gasteiger partial charge in [-0.25, -0.2) is 0 Å². The summed E-state index contributed by atoms with van der Waals surface area (Å²) in [4.78, 5) is 3.92. The molecule has 1 aliphatic rings. The number of allylic oxidation sites excluding steroid dienone is 5. The van der Waals surface area contributed by atoms with Crippen molar-refractivity contribution in [2.75, 3.05) is 0 Å². The summed E-state index contributed by atoms with van der Waals surface area (Å²) in [6.45, 7) is 11.4. The first-order chi connectivity index (χ1) is 6.84. The molecule has 0 spiro atoms. The fourth-order valence-corrected chi connectivity index (χ4v) is 1.10. The molecule has 0 N–H and O–H groups in total. The first-order valence-corrected chi connectivity index (χ1v) is 5.03. The van der Waals surface area contributed by atoms with Crippen LogP contribution < -0.4 is 0 Å². The van der Waals surface area contributed by atoms with E-state index < -0.39 is 0 Å². The van der Waals surface area contributed by atoms with Crippen LogP contribution in [0.2, 0.25) is 0 Å². The number of rotatable bonds is 3. The average molecular weight is 189 g/mol. The Morgan fingerprint density at radius 3 is 2.71 bits per heavy atom. The van der Waals surface area contributed by atoms with Gasteiger partial charge in [0.25, 0.3) is 0 Å². The number of nitrogens with zero attached hydrogens (tertiary/aromatic N) is 1. The molecule has 0 amide bonds. The van der Waals surface area contributed by atoms with E-state index in [1.54, 1.807) is 6.21 Å². The van der Waals surface area contributed by atoms with Crippen LogP contribution in [-0.2, 0) is 0 Å². The van der Waals surface area contributed by atoms with Crippen LogP contribution in [0.3, 0.4) is 0 Å². The molecule has 1 heteroatoms. The summed E-state index contributed by atoms with van der Waals surface area (Å²) < 4.78 is 0. The number of hydrogen-bond acceptors (Lipinski definition) is 1. The molecule has 76 valence electrons. The van der Waals surface area contributed by atoms with Gasteiger partial charge in [0.15, 0.2) is 0 Å². The Balaban J connectivity index is 0.000000791. The predicted molar refractivity (Wildman–Crippen MR) is 65.6 cm³/mol. The molecule has 0 unspecified atom stereocenters. The summed E-state index contributed by atoms with van der Waals surface area (Å²) >= 11 is 0. The third kappa shape index (κ3) is 4.61. The van der Waals surface area contributed by atoms with Crippen LogP contribution in [0, 0.1) is 0 Å². The molecule has 0 fully saturated rings. The minimum atomic E-state index is 0.985. The Kier molecular flexibility index (Phi) is 7.43. The summed E-state index contributed by atoms with van der Waals surface area (Å²) in [5, 5.41) is 0. The lowest BCUT2D eigenvalue weighted by Gasteiger charge is -2.07. The summed E-state index contributed by atoms with van der Waals surface area (Å²) in [7, 11) is 0. The predicted octanol–water partition coefficient (Wildman–Crippen LogP) is 4.06. The van der Waals surface area contributed by atoms with Gasteiger partial charge in [-0.15, -0.1) is 0 Å². The van der Waals surface area contributed by atoms with Crippen molar-refractivity contribution in [2.24, 2.45) is 4.99 Å². The zero-order chi connectivity index (χ0) is 10.8. The molecule has 0 aromatic heterocycles. The van der Waals surface area contributed by atoms with Crippen LogP contribution in [-0.4, -0.2) is 6.21 Å². The molecular formula is C13H19N. The van der Waals surface area contributed by atoms with Crippen LogP contribution >= 0.6 is 0 Å². The van der Waals surface area contributed by atoms with Crippen molar-refractivity contribution < 1.29 is 0 Å². The highest BCUT2D eigenvalue weighted by atomic mass is 14.7. The van der Waals surface area contributed by atoms with Crippen molar-refractivity contribution in [1.82, 2.24) is 0 Å². The van der Waals surface area contributed by atoms with Crippen molar-refractivity contribution in [1.29, 1.82) is 0 Å². The van der Waals surface area contributed by atoms with Gasteiger partial charge in [-0.05, 0) is 24.0 Å². The van der Waals surface area contributed by atoms with Crippen LogP contribution in [0.5, 0.6) is 0 Å². The second kappa shape index (κ2) is 8.24. The quantitative estimate of drug-likeness (QED) is 0.594. The van der Waals surface area contributed by atoms with E-state index in [2.05, 4.69) is 36.4 Å². The van der Waals surface area contributed by atoms with Crippen LogP contribution in [0.4, 0.5) is 0 Å². The van der Waals surface area contributed by atoms with Crippen LogP contribution in [0.25, 0.3) is 0 Å². The van der Waals surface area contributed by atoms with Gasteiger partial charge in [-0.1, -0.05) is 45.2 Å². The highest BCUT2D eigenvalue weighted by Gasteiger charge is 2.00. The second-order valence-corrected chi connectivity index (χ2v) is 2.64. The van der Waals surface area contributed by atoms with Crippen molar-refractivity contribution in [2.45, 2.75) is 26.7 Å². The Hall–Kier alpha value is -1.37. The molecule has 0 atom stereocenters. The molecule has 1 nitrogen and oxygen atoms in total. The molecule has 0 heterocycles. The standard InChI is InChI=1S/C11H13N.C2H6/c1-3-12-9-10(2)11-7-5-4-6-8-11;1-2/h3-5,7,9H,1-2,6,8H2;1-2H3. The van der Waals surface area contributed by atoms with Crippen molar-refractivity contribution in [3.63, 3.8) is 0 Å². The van der Waals surface area contributed by atoms with Crippen molar-refractivity contribution in [3.8, 4) is 0 Å². The first-order valence-electron chi connectivity index (χ1n) is 5.03. The van der Waals surface area contributed by atoms with Gasteiger partial charge in [0.2, 0.25) is 0 Å². The van der Waals surface area contributed by atoms with Gasteiger partial charge in [0.05, 0.1) is 0 Å². The van der Waals surface area contributed by atoms with Crippen molar-refractivity contribution in [3.05, 3.63) is 48.7 Å². The Labute approximate surface area is 87.3 Å². The molecule has 0 saturated carbocycles. The van der Waals surface area contributed by atoms with E-state index in [1.165, 1.54) is 11.8 Å². The van der Waals surface area contributed by atoms with Gasteiger partial charge in [0.1, 0.15) is 0 Å². The molecule has 1 aliphatic carbocycles. The second-order valence-electron chi connectivity index (χ2n) is 2.64. The topological polar surface area (TPSA) is 12.4 Å². The van der Waals surface area contributed by atoms with E-state index in [0.29, 0.717) is 0 Å². The number of hydrogen-bond donors (Lipinski definition) is 0. The minimum Gasteiger partial charge on any atom is -0.265 e. The lowest BCUT2D eigenvalue weighted by atomic mass is 9.99. The van der Waals surface area contributed by atoms with E-state index in [-0.39, 0.29) is 0 Å². The zero-order valence-corrected chi connectivity index (χ0v) is 9.16. The van der Waals surface area contributed by atoms with Crippen LogP contribution in [0.1, 0.15) is 26.7 Å². The Morgan fingerprint density at radius 2 is 2.21 bits per heavy atom. The largest absolute Gasteiger partial charge is 0.265 e. The average Bonchev–Trinajstić information content (AvgIpc) is 2.30. The minimum absolute atomic E-state index is 0.985. The smallest absolute Gasteiger partial charge is 0.0336 e. The molecule has 0 aromatic carbocycles. The third-order valence-electron chi connectivity index (χ3n) is 1.76. The molecular weight excluding hydrogens is 170 g/mol. The summed E-state index contributed by atoms with van der Waals surface area (Å²) in [5.74, 6) is 0. The molecule has 0 bridgehead atoms. The first kappa shape index (κ1) is 12.6. The van der Waals surface area contributed by atoms with E-state index in [9.17, 15) is 0 Å². The summed E-state index contributed by atoms with van der Waals surface area (Å²) in [5.41, 5.74) is 2.25. The van der Waals surface area contributed by atoms with Gasteiger partial charge in [-0.2, -0.15) is 0 Å². The maximum Gasteiger partial charge on any atom is 0.0336 e.